The Labute approximate surface area is 69.2 Å². The summed E-state index contributed by atoms with van der Waals surface area (Å²) >= 11 is 0. The van der Waals surface area contributed by atoms with Gasteiger partial charge in [-0.25, -0.2) is 4.39 Å². The van der Waals surface area contributed by atoms with E-state index in [1.54, 1.807) is 0 Å². The average molecular weight is 168 g/mol. The minimum atomic E-state index is -0.956. The van der Waals surface area contributed by atoms with Gasteiger partial charge in [0.15, 0.2) is 0 Å². The van der Waals surface area contributed by atoms with E-state index in [9.17, 15) is 9.50 Å². The summed E-state index contributed by atoms with van der Waals surface area (Å²) in [7, 11) is 0. The minimum absolute atomic E-state index is 0.361. The second kappa shape index (κ2) is 2.50. The molecule has 1 fully saturated rings. The molecule has 12 heavy (non-hydrogen) atoms. The maximum Gasteiger partial charge on any atom is 0.131 e. The molecular formula is C8H9FN2O. The summed E-state index contributed by atoms with van der Waals surface area (Å²) in [6, 6.07) is 2.53. The minimum Gasteiger partial charge on any atom is -0.381 e. The van der Waals surface area contributed by atoms with E-state index in [1.165, 1.54) is 18.3 Å². The SMILES string of the molecule is OC1(c2cc(F)ccn2)CNC1. The van der Waals surface area contributed by atoms with Crippen LogP contribution in [0.5, 0.6) is 0 Å². The Morgan fingerprint density at radius 2 is 2.33 bits per heavy atom. The van der Waals surface area contributed by atoms with E-state index >= 15 is 0 Å². The number of halogens is 1. The molecule has 2 heterocycles. The molecule has 0 aromatic carbocycles. The lowest BCUT2D eigenvalue weighted by molar-refractivity contribution is -0.0188. The lowest BCUT2D eigenvalue weighted by Crippen LogP contribution is -2.57. The molecule has 2 N–H and O–H groups in total. The summed E-state index contributed by atoms with van der Waals surface area (Å²) in [5.41, 5.74) is -0.552. The first-order valence-electron chi connectivity index (χ1n) is 3.76. The van der Waals surface area contributed by atoms with Crippen LogP contribution in [0, 0.1) is 5.82 Å². The van der Waals surface area contributed by atoms with Crippen molar-refractivity contribution in [3.63, 3.8) is 0 Å². The number of rotatable bonds is 1. The molecule has 0 atom stereocenters. The number of aliphatic hydroxyl groups is 1. The Bertz CT molecular complexity index is 299. The Morgan fingerprint density at radius 1 is 1.58 bits per heavy atom. The molecule has 0 amide bonds. The number of pyridine rings is 1. The second-order valence-electron chi connectivity index (χ2n) is 2.99. The first-order chi connectivity index (χ1) is 5.71. The van der Waals surface area contributed by atoms with Crippen LogP contribution in [0.3, 0.4) is 0 Å². The zero-order chi connectivity index (χ0) is 8.60. The van der Waals surface area contributed by atoms with Crippen molar-refractivity contribution in [1.29, 1.82) is 0 Å². The summed E-state index contributed by atoms with van der Waals surface area (Å²) in [4.78, 5) is 3.90. The molecule has 1 aliphatic rings. The van der Waals surface area contributed by atoms with Gasteiger partial charge in [0, 0.05) is 19.3 Å². The molecule has 1 aromatic rings. The number of β-amino-alcohol motifs (C(OH)–C–C–N with tert-alkyl or cyclic N) is 1. The highest BCUT2D eigenvalue weighted by molar-refractivity contribution is 5.18. The van der Waals surface area contributed by atoms with E-state index in [1.807, 2.05) is 0 Å². The van der Waals surface area contributed by atoms with Gasteiger partial charge in [-0.05, 0) is 12.1 Å². The molecule has 0 aliphatic carbocycles. The Hall–Kier alpha value is -1.00. The van der Waals surface area contributed by atoms with Crippen LogP contribution in [0.2, 0.25) is 0 Å². The van der Waals surface area contributed by atoms with Crippen molar-refractivity contribution >= 4 is 0 Å². The first-order valence-corrected chi connectivity index (χ1v) is 3.76. The van der Waals surface area contributed by atoms with Crippen LogP contribution in [0.15, 0.2) is 18.3 Å². The molecule has 0 saturated carbocycles. The Morgan fingerprint density at radius 3 is 2.83 bits per heavy atom. The lowest BCUT2D eigenvalue weighted by Gasteiger charge is -2.36. The zero-order valence-corrected chi connectivity index (χ0v) is 6.42. The van der Waals surface area contributed by atoms with Crippen LogP contribution in [0.4, 0.5) is 4.39 Å². The molecular weight excluding hydrogens is 159 g/mol. The van der Waals surface area contributed by atoms with Gasteiger partial charge in [-0.1, -0.05) is 0 Å². The fourth-order valence-electron chi connectivity index (χ4n) is 1.20. The number of nitrogens with zero attached hydrogens (tertiary/aromatic N) is 1. The standard InChI is InChI=1S/C8H9FN2O/c9-6-1-2-11-7(3-6)8(12)4-10-5-8/h1-3,10,12H,4-5H2. The quantitative estimate of drug-likeness (QED) is 0.621. The van der Waals surface area contributed by atoms with Crippen molar-refractivity contribution < 1.29 is 9.50 Å². The van der Waals surface area contributed by atoms with E-state index in [0.29, 0.717) is 18.8 Å². The highest BCUT2D eigenvalue weighted by atomic mass is 19.1. The van der Waals surface area contributed by atoms with Gasteiger partial charge >= 0.3 is 0 Å². The van der Waals surface area contributed by atoms with Crippen LogP contribution in [0.25, 0.3) is 0 Å². The van der Waals surface area contributed by atoms with Crippen LogP contribution in [-0.2, 0) is 5.60 Å². The van der Waals surface area contributed by atoms with Crippen molar-refractivity contribution in [1.82, 2.24) is 10.3 Å². The van der Waals surface area contributed by atoms with Gasteiger partial charge in [-0.2, -0.15) is 0 Å². The highest BCUT2D eigenvalue weighted by Gasteiger charge is 2.37. The molecule has 1 aliphatic heterocycles. The normalized spacial score (nSPS) is 20.2. The predicted molar refractivity (Wildman–Crippen MR) is 41.0 cm³/mol. The van der Waals surface area contributed by atoms with Crippen LogP contribution < -0.4 is 5.32 Å². The third-order valence-electron chi connectivity index (χ3n) is 2.03. The Kier molecular flexibility index (Phi) is 1.59. The molecule has 2 rings (SSSR count). The summed E-state index contributed by atoms with van der Waals surface area (Å²) in [5, 5.41) is 12.6. The maximum absolute atomic E-state index is 12.7. The summed E-state index contributed by atoms with van der Waals surface area (Å²) in [5.74, 6) is -0.361. The number of nitrogens with one attached hydrogen (secondary N) is 1. The molecule has 64 valence electrons. The van der Waals surface area contributed by atoms with E-state index in [-0.39, 0.29) is 5.82 Å². The van der Waals surface area contributed by atoms with Gasteiger partial charge in [0.1, 0.15) is 11.4 Å². The predicted octanol–water partition coefficient (Wildman–Crippen LogP) is 0.0115. The van der Waals surface area contributed by atoms with Gasteiger partial charge in [-0.3, -0.25) is 4.98 Å². The second-order valence-corrected chi connectivity index (χ2v) is 2.99. The van der Waals surface area contributed by atoms with Gasteiger partial charge in [0.25, 0.3) is 0 Å². The largest absolute Gasteiger partial charge is 0.381 e. The lowest BCUT2D eigenvalue weighted by atomic mass is 9.93. The van der Waals surface area contributed by atoms with Gasteiger partial charge in [0.05, 0.1) is 5.69 Å². The van der Waals surface area contributed by atoms with E-state index < -0.39 is 5.60 Å². The smallest absolute Gasteiger partial charge is 0.131 e. The summed E-state index contributed by atoms with van der Waals surface area (Å²) in [6.45, 7) is 0.896. The molecule has 0 radical (unpaired) electrons. The van der Waals surface area contributed by atoms with Crippen molar-refractivity contribution in [2.24, 2.45) is 0 Å². The number of hydrogen-bond donors (Lipinski definition) is 2. The van der Waals surface area contributed by atoms with E-state index in [0.717, 1.165) is 0 Å². The average Bonchev–Trinajstić information content (AvgIpc) is 2.00. The third kappa shape index (κ3) is 1.09. The topological polar surface area (TPSA) is 45.2 Å². The maximum atomic E-state index is 12.7. The number of aromatic nitrogens is 1. The van der Waals surface area contributed by atoms with Gasteiger partial charge in [-0.15, -0.1) is 0 Å². The third-order valence-corrected chi connectivity index (χ3v) is 2.03. The van der Waals surface area contributed by atoms with Crippen molar-refractivity contribution in [2.75, 3.05) is 13.1 Å². The molecule has 1 aromatic heterocycles. The Balaban J connectivity index is 2.33. The summed E-state index contributed by atoms with van der Waals surface area (Å²) < 4.78 is 12.7. The molecule has 0 spiro atoms. The van der Waals surface area contributed by atoms with Crippen LogP contribution >= 0.6 is 0 Å². The summed E-state index contributed by atoms with van der Waals surface area (Å²) in [6.07, 6.45) is 1.36. The first kappa shape index (κ1) is 7.64. The molecule has 3 nitrogen and oxygen atoms in total. The van der Waals surface area contributed by atoms with Crippen LogP contribution in [0.1, 0.15) is 5.69 Å². The van der Waals surface area contributed by atoms with Crippen molar-refractivity contribution in [3.8, 4) is 0 Å². The van der Waals surface area contributed by atoms with Crippen molar-refractivity contribution in [3.05, 3.63) is 29.8 Å². The van der Waals surface area contributed by atoms with E-state index in [2.05, 4.69) is 10.3 Å². The van der Waals surface area contributed by atoms with Crippen molar-refractivity contribution in [2.45, 2.75) is 5.60 Å². The monoisotopic (exact) mass is 168 g/mol. The van der Waals surface area contributed by atoms with E-state index in [4.69, 9.17) is 0 Å². The fraction of sp³-hybridized carbons (Fsp3) is 0.375. The van der Waals surface area contributed by atoms with Gasteiger partial charge < -0.3 is 10.4 Å². The molecule has 0 unspecified atom stereocenters. The van der Waals surface area contributed by atoms with Gasteiger partial charge in [0.2, 0.25) is 0 Å². The molecule has 4 heteroatoms. The molecule has 0 bridgehead atoms. The highest BCUT2D eigenvalue weighted by Crippen LogP contribution is 2.23. The molecule has 1 saturated heterocycles. The van der Waals surface area contributed by atoms with Crippen LogP contribution in [-0.4, -0.2) is 23.2 Å². The number of hydrogen-bond acceptors (Lipinski definition) is 3. The fourth-order valence-corrected chi connectivity index (χ4v) is 1.20. The zero-order valence-electron chi connectivity index (χ0n) is 6.42.